The van der Waals surface area contributed by atoms with Gasteiger partial charge in [0.25, 0.3) is 0 Å². The van der Waals surface area contributed by atoms with E-state index in [4.69, 9.17) is 14.6 Å². The van der Waals surface area contributed by atoms with E-state index in [1.807, 2.05) is 82.3 Å². The molecule has 3 rings (SSSR count). The van der Waals surface area contributed by atoms with Crippen LogP contribution < -0.4 is 9.47 Å². The first kappa shape index (κ1) is 20.5. The van der Waals surface area contributed by atoms with Crippen LogP contribution >= 0.6 is 0 Å². The molecule has 0 aliphatic heterocycles. The Morgan fingerprint density at radius 3 is 1.52 bits per heavy atom. The number of para-hydroxylation sites is 1. The summed E-state index contributed by atoms with van der Waals surface area (Å²) in [5.41, 5.74) is 1.11. The Morgan fingerprint density at radius 2 is 1.07 bits per heavy atom. The Balaban J connectivity index is 1.73. The number of carboxylic acid groups (broad SMARTS) is 1. The fraction of sp³-hybridized carbons (Fsp3) is 0.240. The third-order valence-corrected chi connectivity index (χ3v) is 4.87. The molecule has 1 N–H and O–H groups in total. The number of ether oxygens (including phenoxy) is 2. The molecule has 150 valence electrons. The van der Waals surface area contributed by atoms with Gasteiger partial charge in [0.05, 0.1) is 5.56 Å². The van der Waals surface area contributed by atoms with E-state index >= 15 is 0 Å². The van der Waals surface area contributed by atoms with Crippen LogP contribution in [-0.2, 0) is 11.2 Å². The maximum Gasteiger partial charge on any atom is 0.335 e. The molecule has 0 fully saturated rings. The number of rotatable bonds is 7. The van der Waals surface area contributed by atoms with Crippen molar-refractivity contribution in [2.45, 2.75) is 38.9 Å². The lowest BCUT2D eigenvalue weighted by molar-refractivity contribution is 0.0696. The minimum atomic E-state index is -0.939. The van der Waals surface area contributed by atoms with Gasteiger partial charge in [-0.25, -0.2) is 4.79 Å². The number of aromatic carboxylic acids is 1. The number of hydrogen-bond acceptors (Lipinski definition) is 3. The zero-order valence-corrected chi connectivity index (χ0v) is 17.2. The van der Waals surface area contributed by atoms with Crippen LogP contribution in [0.5, 0.6) is 11.5 Å². The van der Waals surface area contributed by atoms with Crippen LogP contribution in [-0.4, -0.2) is 11.1 Å². The summed E-state index contributed by atoms with van der Waals surface area (Å²) >= 11 is 0. The highest BCUT2D eigenvalue weighted by atomic mass is 16.5. The highest BCUT2D eigenvalue weighted by Crippen LogP contribution is 2.32. The number of carboxylic acids is 1. The first-order valence-electron chi connectivity index (χ1n) is 9.55. The molecule has 0 spiro atoms. The van der Waals surface area contributed by atoms with Crippen molar-refractivity contribution in [1.82, 2.24) is 0 Å². The zero-order chi connectivity index (χ0) is 21.1. The lowest BCUT2D eigenvalue weighted by Crippen LogP contribution is -2.26. The zero-order valence-electron chi connectivity index (χ0n) is 17.2. The Labute approximate surface area is 171 Å². The third kappa shape index (κ3) is 4.96. The fourth-order valence-electron chi connectivity index (χ4n) is 3.13. The maximum absolute atomic E-state index is 11.0. The molecule has 4 heteroatoms. The second kappa shape index (κ2) is 8.00. The SMILES string of the molecule is CC(C)(Oc1ccccc1)c1ccc(OC(C)(C)c2ccc(C(=O)O)cc2)cc1. The number of carbonyl (C=O) groups is 1. The molecular formula is C25H26O4. The first-order valence-corrected chi connectivity index (χ1v) is 9.55. The van der Waals surface area contributed by atoms with Gasteiger partial charge in [0.15, 0.2) is 0 Å². The van der Waals surface area contributed by atoms with Gasteiger partial charge in [-0.3, -0.25) is 0 Å². The largest absolute Gasteiger partial charge is 0.483 e. The second-order valence-electron chi connectivity index (χ2n) is 7.94. The summed E-state index contributed by atoms with van der Waals surface area (Å²) in [6.07, 6.45) is 0. The summed E-state index contributed by atoms with van der Waals surface area (Å²) in [6, 6.07) is 24.4. The van der Waals surface area contributed by atoms with Gasteiger partial charge in [0.1, 0.15) is 22.7 Å². The summed E-state index contributed by atoms with van der Waals surface area (Å²) < 4.78 is 12.3. The van der Waals surface area contributed by atoms with Crippen LogP contribution in [0.25, 0.3) is 0 Å². The molecule has 0 saturated carbocycles. The van der Waals surface area contributed by atoms with Crippen LogP contribution in [0.2, 0.25) is 0 Å². The normalized spacial score (nSPS) is 11.7. The summed E-state index contributed by atoms with van der Waals surface area (Å²) in [6.45, 7) is 7.98. The first-order chi connectivity index (χ1) is 13.7. The van der Waals surface area contributed by atoms with Crippen LogP contribution in [0.1, 0.15) is 49.2 Å². The van der Waals surface area contributed by atoms with Crippen molar-refractivity contribution in [1.29, 1.82) is 0 Å². The van der Waals surface area contributed by atoms with Crippen molar-refractivity contribution < 1.29 is 19.4 Å². The molecule has 3 aromatic rings. The van der Waals surface area contributed by atoms with Crippen LogP contribution in [0.3, 0.4) is 0 Å². The molecule has 4 nitrogen and oxygen atoms in total. The molecule has 0 heterocycles. The van der Waals surface area contributed by atoms with Crippen molar-refractivity contribution in [3.63, 3.8) is 0 Å². The second-order valence-corrected chi connectivity index (χ2v) is 7.94. The summed E-state index contributed by atoms with van der Waals surface area (Å²) in [4.78, 5) is 11.0. The van der Waals surface area contributed by atoms with Crippen molar-refractivity contribution in [3.8, 4) is 11.5 Å². The predicted molar refractivity (Wildman–Crippen MR) is 114 cm³/mol. The molecule has 0 aromatic heterocycles. The van der Waals surface area contributed by atoms with Gasteiger partial charge in [-0.15, -0.1) is 0 Å². The van der Waals surface area contributed by atoms with Gasteiger partial charge in [-0.05, 0) is 75.2 Å². The van der Waals surface area contributed by atoms with Crippen molar-refractivity contribution in [2.24, 2.45) is 0 Å². The van der Waals surface area contributed by atoms with E-state index in [0.717, 1.165) is 22.6 Å². The smallest absolute Gasteiger partial charge is 0.335 e. The molecular weight excluding hydrogens is 364 g/mol. The van der Waals surface area contributed by atoms with Crippen LogP contribution in [0, 0.1) is 0 Å². The molecule has 0 bridgehead atoms. The monoisotopic (exact) mass is 390 g/mol. The standard InChI is InChI=1S/C25H26O4/c1-24(2,19-12-10-18(11-13-19)23(26)27)29-22-16-14-20(15-17-22)25(3,4)28-21-8-6-5-7-9-21/h5-17H,1-4H3,(H,26,27). The summed E-state index contributed by atoms with van der Waals surface area (Å²) in [5, 5.41) is 9.06. The molecule has 29 heavy (non-hydrogen) atoms. The number of hydrogen-bond donors (Lipinski definition) is 1. The Kier molecular flexibility index (Phi) is 5.64. The van der Waals surface area contributed by atoms with Gasteiger partial charge in [0, 0.05) is 0 Å². The number of benzene rings is 3. The van der Waals surface area contributed by atoms with Crippen LogP contribution in [0.15, 0.2) is 78.9 Å². The van der Waals surface area contributed by atoms with E-state index in [9.17, 15) is 4.79 Å². The predicted octanol–water partition coefficient (Wildman–Crippen LogP) is 6.01. The maximum atomic E-state index is 11.0. The third-order valence-electron chi connectivity index (χ3n) is 4.87. The van der Waals surface area contributed by atoms with Crippen molar-refractivity contribution in [2.75, 3.05) is 0 Å². The van der Waals surface area contributed by atoms with Crippen LogP contribution in [0.4, 0.5) is 0 Å². The topological polar surface area (TPSA) is 55.8 Å². The Morgan fingerprint density at radius 1 is 0.655 bits per heavy atom. The van der Waals surface area contributed by atoms with E-state index in [2.05, 4.69) is 0 Å². The molecule has 0 radical (unpaired) electrons. The Hall–Kier alpha value is -3.27. The molecule has 0 aliphatic rings. The molecule has 0 unspecified atom stereocenters. The van der Waals surface area contributed by atoms with E-state index < -0.39 is 17.2 Å². The van der Waals surface area contributed by atoms with E-state index in [1.54, 1.807) is 24.3 Å². The van der Waals surface area contributed by atoms with Crippen molar-refractivity contribution in [3.05, 3.63) is 95.6 Å². The van der Waals surface area contributed by atoms with Gasteiger partial charge >= 0.3 is 5.97 Å². The summed E-state index contributed by atoms with van der Waals surface area (Å²) in [7, 11) is 0. The summed E-state index contributed by atoms with van der Waals surface area (Å²) in [5.74, 6) is 0.617. The lowest BCUT2D eigenvalue weighted by atomic mass is 9.96. The molecule has 0 aliphatic carbocycles. The van der Waals surface area contributed by atoms with Gasteiger partial charge < -0.3 is 14.6 Å². The fourth-order valence-corrected chi connectivity index (χ4v) is 3.13. The van der Waals surface area contributed by atoms with Gasteiger partial charge in [-0.1, -0.05) is 42.5 Å². The van der Waals surface area contributed by atoms with Gasteiger partial charge in [-0.2, -0.15) is 0 Å². The molecule has 0 amide bonds. The van der Waals surface area contributed by atoms with E-state index in [-0.39, 0.29) is 5.56 Å². The van der Waals surface area contributed by atoms with Crippen molar-refractivity contribution >= 4 is 5.97 Å². The quantitative estimate of drug-likeness (QED) is 0.536. The highest BCUT2D eigenvalue weighted by molar-refractivity contribution is 5.87. The van der Waals surface area contributed by atoms with E-state index in [0.29, 0.717) is 0 Å². The minimum Gasteiger partial charge on any atom is -0.483 e. The average Bonchev–Trinajstić information content (AvgIpc) is 2.68. The lowest BCUT2D eigenvalue weighted by Gasteiger charge is -2.29. The highest BCUT2D eigenvalue weighted by Gasteiger charge is 2.25. The molecule has 0 saturated heterocycles. The Bertz CT molecular complexity index is 956. The van der Waals surface area contributed by atoms with E-state index in [1.165, 1.54) is 0 Å². The molecule has 3 aromatic carbocycles. The van der Waals surface area contributed by atoms with Gasteiger partial charge in [0.2, 0.25) is 0 Å². The molecule has 0 atom stereocenters. The average molecular weight is 390 g/mol. The minimum absolute atomic E-state index is 0.259.